The van der Waals surface area contributed by atoms with Gasteiger partial charge in [-0.1, -0.05) is 18.5 Å². The van der Waals surface area contributed by atoms with Crippen LogP contribution in [0, 0.1) is 0 Å². The van der Waals surface area contributed by atoms with Crippen LogP contribution in [-0.4, -0.2) is 22.1 Å². The third-order valence-corrected chi connectivity index (χ3v) is 2.73. The maximum absolute atomic E-state index is 11.9. The van der Waals surface area contributed by atoms with E-state index in [4.69, 9.17) is 16.3 Å². The Balaban J connectivity index is 1.98. The van der Waals surface area contributed by atoms with Gasteiger partial charge in [0.05, 0.1) is 0 Å². The third-order valence-electron chi connectivity index (χ3n) is 2.48. The first-order valence-corrected chi connectivity index (χ1v) is 6.02. The van der Waals surface area contributed by atoms with Crippen molar-refractivity contribution >= 4 is 17.5 Å². The van der Waals surface area contributed by atoms with Gasteiger partial charge >= 0.3 is 0 Å². The Morgan fingerprint density at radius 2 is 2.11 bits per heavy atom. The fourth-order valence-electron chi connectivity index (χ4n) is 1.57. The lowest BCUT2D eigenvalue weighted by atomic mass is 10.3. The zero-order chi connectivity index (χ0) is 13.0. The number of ether oxygens (including phenoxy) is 1. The number of rotatable bonds is 4. The molecule has 0 unspecified atom stereocenters. The maximum Gasteiger partial charge on any atom is 0.269 e. The van der Waals surface area contributed by atoms with Gasteiger partial charge in [-0.15, -0.1) is 0 Å². The minimum Gasteiger partial charge on any atom is -0.484 e. The number of hydrogen-bond donors (Lipinski definition) is 0. The number of carbonyl (C=O) groups excluding carboxylic acids is 1. The van der Waals surface area contributed by atoms with E-state index < -0.39 is 0 Å². The second-order valence-electron chi connectivity index (χ2n) is 3.70. The molecule has 0 aliphatic rings. The van der Waals surface area contributed by atoms with Crippen molar-refractivity contribution in [1.82, 2.24) is 9.55 Å². The Bertz CT molecular complexity index is 534. The van der Waals surface area contributed by atoms with Gasteiger partial charge in [0, 0.05) is 23.8 Å². The quantitative estimate of drug-likeness (QED) is 0.853. The molecule has 0 spiro atoms. The fourth-order valence-corrected chi connectivity index (χ4v) is 1.69. The lowest BCUT2D eigenvalue weighted by molar-refractivity contribution is 0.0834. The molecule has 18 heavy (non-hydrogen) atoms. The van der Waals surface area contributed by atoms with Gasteiger partial charge < -0.3 is 4.74 Å². The van der Waals surface area contributed by atoms with Crippen LogP contribution in [0.4, 0.5) is 0 Å². The molecule has 1 aromatic heterocycles. The van der Waals surface area contributed by atoms with Crippen LogP contribution < -0.4 is 4.74 Å². The van der Waals surface area contributed by atoms with Gasteiger partial charge in [-0.25, -0.2) is 4.98 Å². The van der Waals surface area contributed by atoms with Crippen molar-refractivity contribution in [3.05, 3.63) is 47.5 Å². The molecule has 0 aliphatic heterocycles. The van der Waals surface area contributed by atoms with Crippen LogP contribution in [0.3, 0.4) is 0 Å². The van der Waals surface area contributed by atoms with Gasteiger partial charge in [0.25, 0.3) is 5.91 Å². The van der Waals surface area contributed by atoms with E-state index in [1.54, 1.807) is 36.7 Å². The predicted molar refractivity (Wildman–Crippen MR) is 69.2 cm³/mol. The Labute approximate surface area is 110 Å². The number of imidazole rings is 1. The molecule has 0 bridgehead atoms. The number of nitrogens with zero attached hydrogens (tertiary/aromatic N) is 2. The number of hydrogen-bond acceptors (Lipinski definition) is 3. The zero-order valence-corrected chi connectivity index (χ0v) is 10.7. The minimum atomic E-state index is -0.140. The third kappa shape index (κ3) is 2.90. The van der Waals surface area contributed by atoms with Gasteiger partial charge in [-0.2, -0.15) is 0 Å². The van der Waals surface area contributed by atoms with Crippen molar-refractivity contribution in [3.8, 4) is 5.75 Å². The van der Waals surface area contributed by atoms with Crippen LogP contribution in [0.2, 0.25) is 5.02 Å². The topological polar surface area (TPSA) is 44.1 Å². The highest BCUT2D eigenvalue weighted by Crippen LogP contribution is 2.15. The molecule has 0 aliphatic carbocycles. The van der Waals surface area contributed by atoms with Crippen molar-refractivity contribution in [2.45, 2.75) is 13.3 Å². The molecule has 5 heteroatoms. The SMILES string of the molecule is CCc1nccn1C(=O)COc1ccc(Cl)cc1. The van der Waals surface area contributed by atoms with Crippen LogP contribution in [0.5, 0.6) is 5.75 Å². The molecule has 0 fully saturated rings. The van der Waals surface area contributed by atoms with Gasteiger partial charge in [0.2, 0.25) is 0 Å². The highest BCUT2D eigenvalue weighted by Gasteiger charge is 2.09. The number of benzene rings is 1. The molecule has 2 aromatic rings. The van der Waals surface area contributed by atoms with E-state index in [1.807, 2.05) is 6.92 Å². The van der Waals surface area contributed by atoms with Crippen LogP contribution >= 0.6 is 11.6 Å². The first-order valence-electron chi connectivity index (χ1n) is 5.64. The summed E-state index contributed by atoms with van der Waals surface area (Å²) in [6.07, 6.45) is 3.96. The highest BCUT2D eigenvalue weighted by molar-refractivity contribution is 6.30. The first kappa shape index (κ1) is 12.6. The highest BCUT2D eigenvalue weighted by atomic mass is 35.5. The number of carbonyl (C=O) groups is 1. The van der Waals surface area contributed by atoms with Crippen LogP contribution in [0.25, 0.3) is 0 Å². The van der Waals surface area contributed by atoms with Crippen molar-refractivity contribution in [2.24, 2.45) is 0 Å². The molecule has 94 valence electrons. The Morgan fingerprint density at radius 3 is 2.78 bits per heavy atom. The van der Waals surface area contributed by atoms with Gasteiger partial charge in [-0.3, -0.25) is 9.36 Å². The summed E-state index contributed by atoms with van der Waals surface area (Å²) in [7, 11) is 0. The molecule has 0 amide bonds. The summed E-state index contributed by atoms with van der Waals surface area (Å²) in [5, 5.41) is 0.636. The second kappa shape index (κ2) is 5.69. The first-order chi connectivity index (χ1) is 8.70. The largest absolute Gasteiger partial charge is 0.484 e. The van der Waals surface area contributed by atoms with E-state index in [0.717, 1.165) is 5.82 Å². The van der Waals surface area contributed by atoms with E-state index in [-0.39, 0.29) is 12.5 Å². The van der Waals surface area contributed by atoms with E-state index >= 15 is 0 Å². The number of aryl methyl sites for hydroxylation is 1. The summed E-state index contributed by atoms with van der Waals surface area (Å²) in [6, 6.07) is 6.89. The van der Waals surface area contributed by atoms with Crippen molar-refractivity contribution in [2.75, 3.05) is 6.61 Å². The van der Waals surface area contributed by atoms with Crippen LogP contribution in [-0.2, 0) is 6.42 Å². The summed E-state index contributed by atoms with van der Waals surface area (Å²) in [4.78, 5) is 16.0. The van der Waals surface area contributed by atoms with Crippen molar-refractivity contribution in [3.63, 3.8) is 0 Å². The molecule has 1 aromatic carbocycles. The summed E-state index contributed by atoms with van der Waals surface area (Å²) >= 11 is 5.76. The maximum atomic E-state index is 11.9. The number of halogens is 1. The molecular formula is C13H13ClN2O2. The summed E-state index contributed by atoms with van der Waals surface area (Å²) in [6.45, 7) is 1.93. The monoisotopic (exact) mass is 264 g/mol. The molecular weight excluding hydrogens is 252 g/mol. The smallest absolute Gasteiger partial charge is 0.269 e. The second-order valence-corrected chi connectivity index (χ2v) is 4.14. The van der Waals surface area contributed by atoms with Gasteiger partial charge in [-0.05, 0) is 24.3 Å². The average Bonchev–Trinajstić information content (AvgIpc) is 2.86. The standard InChI is InChI=1S/C13H13ClN2O2/c1-2-12-15-7-8-16(12)13(17)9-18-11-5-3-10(14)4-6-11/h3-8H,2,9H2,1H3. The lowest BCUT2D eigenvalue weighted by Gasteiger charge is -2.07. The lowest BCUT2D eigenvalue weighted by Crippen LogP contribution is -2.20. The Morgan fingerprint density at radius 1 is 1.39 bits per heavy atom. The van der Waals surface area contributed by atoms with Crippen molar-refractivity contribution in [1.29, 1.82) is 0 Å². The Kier molecular flexibility index (Phi) is 3.99. The van der Waals surface area contributed by atoms with Gasteiger partial charge in [0.15, 0.2) is 6.61 Å². The molecule has 0 radical (unpaired) electrons. The van der Waals surface area contributed by atoms with Crippen LogP contribution in [0.15, 0.2) is 36.7 Å². The van der Waals surface area contributed by atoms with E-state index in [9.17, 15) is 4.79 Å². The van der Waals surface area contributed by atoms with Gasteiger partial charge in [0.1, 0.15) is 11.6 Å². The van der Waals surface area contributed by atoms with Crippen LogP contribution in [0.1, 0.15) is 17.5 Å². The molecule has 0 saturated heterocycles. The average molecular weight is 265 g/mol. The summed E-state index contributed by atoms with van der Waals surface area (Å²) in [5.41, 5.74) is 0. The normalized spacial score (nSPS) is 10.3. The Hall–Kier alpha value is -1.81. The molecule has 0 N–H and O–H groups in total. The predicted octanol–water partition coefficient (Wildman–Crippen LogP) is 2.82. The molecule has 4 nitrogen and oxygen atoms in total. The molecule has 0 saturated carbocycles. The fraction of sp³-hybridized carbons (Fsp3) is 0.231. The van der Waals surface area contributed by atoms with Crippen molar-refractivity contribution < 1.29 is 9.53 Å². The van der Waals surface area contributed by atoms with E-state index in [2.05, 4.69) is 4.98 Å². The molecule has 0 atom stereocenters. The number of aromatic nitrogens is 2. The molecule has 1 heterocycles. The van der Waals surface area contributed by atoms with E-state index in [1.165, 1.54) is 4.57 Å². The zero-order valence-electron chi connectivity index (χ0n) is 9.97. The van der Waals surface area contributed by atoms with E-state index in [0.29, 0.717) is 17.2 Å². The minimum absolute atomic E-state index is 0.0228. The molecule has 2 rings (SSSR count). The summed E-state index contributed by atoms with van der Waals surface area (Å²) < 4.78 is 6.90. The summed E-state index contributed by atoms with van der Waals surface area (Å²) in [5.74, 6) is 1.21.